The first-order chi connectivity index (χ1) is 7.96. The van der Waals surface area contributed by atoms with Crippen LogP contribution in [0.5, 0.6) is 0 Å². The van der Waals surface area contributed by atoms with E-state index in [0.717, 1.165) is 31.5 Å². The zero-order chi connectivity index (χ0) is 12.9. The van der Waals surface area contributed by atoms with Crippen molar-refractivity contribution in [2.24, 2.45) is 5.41 Å². The smallest absolute Gasteiger partial charge is 0.250 e. The Balaban J connectivity index is 2.48. The number of pyridine rings is 1. The molecular weight excluding hydrogens is 212 g/mol. The Morgan fingerprint density at radius 3 is 2.65 bits per heavy atom. The van der Waals surface area contributed by atoms with Crippen LogP contribution in [0.1, 0.15) is 38.8 Å². The number of unbranched alkanes of at least 4 members (excludes halogenated alkanes) is 1. The van der Waals surface area contributed by atoms with E-state index in [1.165, 1.54) is 0 Å². The van der Waals surface area contributed by atoms with Gasteiger partial charge in [0.05, 0.1) is 11.5 Å². The van der Waals surface area contributed by atoms with E-state index in [1.54, 1.807) is 16.7 Å². The minimum atomic E-state index is -0.253. The van der Waals surface area contributed by atoms with E-state index >= 15 is 0 Å². The molecule has 0 aliphatic heterocycles. The van der Waals surface area contributed by atoms with Gasteiger partial charge >= 0.3 is 0 Å². The third kappa shape index (κ3) is 4.07. The van der Waals surface area contributed by atoms with Crippen molar-refractivity contribution in [3.05, 3.63) is 34.2 Å². The molecule has 0 fully saturated rings. The maximum absolute atomic E-state index is 11.6. The molecule has 1 heterocycles. The van der Waals surface area contributed by atoms with E-state index in [-0.39, 0.29) is 11.0 Å². The third-order valence-corrected chi connectivity index (χ3v) is 3.00. The molecule has 0 unspecified atom stereocenters. The summed E-state index contributed by atoms with van der Waals surface area (Å²) in [6.07, 6.45) is 2.79. The van der Waals surface area contributed by atoms with Crippen LogP contribution in [0.4, 0.5) is 0 Å². The summed E-state index contributed by atoms with van der Waals surface area (Å²) in [4.78, 5) is 11.6. The molecule has 0 spiro atoms. The Kier molecular flexibility index (Phi) is 4.51. The van der Waals surface area contributed by atoms with Gasteiger partial charge in [-0.05, 0) is 39.7 Å². The first-order valence-corrected chi connectivity index (χ1v) is 6.04. The molecule has 1 aromatic heterocycles. The van der Waals surface area contributed by atoms with Crippen molar-refractivity contribution in [2.75, 3.05) is 0 Å². The van der Waals surface area contributed by atoms with Gasteiger partial charge in [0.15, 0.2) is 0 Å². The van der Waals surface area contributed by atoms with Crippen LogP contribution in [0.15, 0.2) is 23.0 Å². The van der Waals surface area contributed by atoms with E-state index in [9.17, 15) is 4.79 Å². The van der Waals surface area contributed by atoms with E-state index in [4.69, 9.17) is 5.26 Å². The fraction of sp³-hybridized carbons (Fsp3) is 0.571. The molecule has 1 aromatic rings. The number of rotatable bonds is 5. The lowest BCUT2D eigenvalue weighted by Crippen LogP contribution is -2.21. The van der Waals surface area contributed by atoms with Crippen molar-refractivity contribution in [2.45, 2.75) is 46.6 Å². The average molecular weight is 232 g/mol. The zero-order valence-corrected chi connectivity index (χ0v) is 10.9. The van der Waals surface area contributed by atoms with Gasteiger partial charge in [0.1, 0.15) is 0 Å². The highest BCUT2D eigenvalue weighted by molar-refractivity contribution is 5.04. The molecule has 17 heavy (non-hydrogen) atoms. The Hall–Kier alpha value is -1.56. The van der Waals surface area contributed by atoms with Gasteiger partial charge in [0.25, 0.3) is 5.56 Å². The zero-order valence-electron chi connectivity index (χ0n) is 10.9. The second kappa shape index (κ2) is 5.67. The fourth-order valence-electron chi connectivity index (χ4n) is 1.80. The molecule has 0 aromatic carbocycles. The molecule has 0 saturated heterocycles. The van der Waals surface area contributed by atoms with Crippen LogP contribution in [0.3, 0.4) is 0 Å². The first-order valence-electron chi connectivity index (χ1n) is 6.04. The van der Waals surface area contributed by atoms with Crippen LogP contribution in [-0.2, 0) is 6.54 Å². The maximum atomic E-state index is 11.6. The number of aryl methyl sites for hydroxylation is 1. The average Bonchev–Trinajstić information content (AvgIpc) is 2.27. The van der Waals surface area contributed by atoms with Crippen molar-refractivity contribution < 1.29 is 0 Å². The van der Waals surface area contributed by atoms with Gasteiger partial charge in [-0.3, -0.25) is 4.79 Å². The topological polar surface area (TPSA) is 45.8 Å². The standard InChI is InChI=1S/C14H20N2O/c1-12-7-6-8-13(17)16(12)10-5-4-9-14(2,3)11-15/h6-8H,4-5,9-10H2,1-3H3. The molecule has 0 amide bonds. The van der Waals surface area contributed by atoms with Gasteiger partial charge in [0.2, 0.25) is 0 Å². The monoisotopic (exact) mass is 232 g/mol. The van der Waals surface area contributed by atoms with Gasteiger partial charge in [0, 0.05) is 18.3 Å². The molecule has 0 N–H and O–H groups in total. The second-order valence-electron chi connectivity index (χ2n) is 5.11. The van der Waals surface area contributed by atoms with Crippen molar-refractivity contribution >= 4 is 0 Å². The summed E-state index contributed by atoms with van der Waals surface area (Å²) in [7, 11) is 0. The number of hydrogen-bond acceptors (Lipinski definition) is 2. The molecule has 1 rings (SSSR count). The molecular formula is C14H20N2O. The summed E-state index contributed by atoms with van der Waals surface area (Å²) < 4.78 is 1.79. The van der Waals surface area contributed by atoms with Gasteiger partial charge in [-0.25, -0.2) is 0 Å². The molecule has 92 valence electrons. The maximum Gasteiger partial charge on any atom is 0.250 e. The summed E-state index contributed by atoms with van der Waals surface area (Å²) in [5, 5.41) is 8.89. The lowest BCUT2D eigenvalue weighted by molar-refractivity contribution is 0.414. The summed E-state index contributed by atoms with van der Waals surface area (Å²) in [5.41, 5.74) is 0.804. The Labute approximate surface area is 103 Å². The van der Waals surface area contributed by atoms with E-state index in [1.807, 2.05) is 26.8 Å². The van der Waals surface area contributed by atoms with Crippen LogP contribution in [-0.4, -0.2) is 4.57 Å². The quantitative estimate of drug-likeness (QED) is 0.733. The molecule has 0 saturated carbocycles. The Bertz CT molecular complexity index is 466. The minimum absolute atomic E-state index is 0.0598. The number of nitriles is 1. The molecule has 3 nitrogen and oxygen atoms in total. The van der Waals surface area contributed by atoms with Crippen LogP contribution in [0, 0.1) is 23.7 Å². The fourth-order valence-corrected chi connectivity index (χ4v) is 1.80. The largest absolute Gasteiger partial charge is 0.313 e. The molecule has 0 aliphatic rings. The van der Waals surface area contributed by atoms with Crippen molar-refractivity contribution in [1.29, 1.82) is 5.26 Å². The highest BCUT2D eigenvalue weighted by atomic mass is 16.1. The SMILES string of the molecule is Cc1cccc(=O)n1CCCCC(C)(C)C#N. The Morgan fingerprint density at radius 1 is 1.35 bits per heavy atom. The van der Waals surface area contributed by atoms with Crippen LogP contribution >= 0.6 is 0 Å². The normalized spacial score (nSPS) is 11.2. The first kappa shape index (κ1) is 13.5. The number of nitrogens with zero attached hydrogens (tertiary/aromatic N) is 2. The Morgan fingerprint density at radius 2 is 2.06 bits per heavy atom. The van der Waals surface area contributed by atoms with Crippen LogP contribution in [0.2, 0.25) is 0 Å². The predicted octanol–water partition coefficient (Wildman–Crippen LogP) is 2.88. The molecule has 0 bridgehead atoms. The highest BCUT2D eigenvalue weighted by Gasteiger charge is 2.15. The van der Waals surface area contributed by atoms with Crippen molar-refractivity contribution in [3.63, 3.8) is 0 Å². The molecule has 3 heteroatoms. The van der Waals surface area contributed by atoms with Gasteiger partial charge in [-0.2, -0.15) is 5.26 Å². The summed E-state index contributed by atoms with van der Waals surface area (Å²) in [6, 6.07) is 7.61. The van der Waals surface area contributed by atoms with Crippen LogP contribution < -0.4 is 5.56 Å². The number of hydrogen-bond donors (Lipinski definition) is 0. The van der Waals surface area contributed by atoms with Crippen LogP contribution in [0.25, 0.3) is 0 Å². The van der Waals surface area contributed by atoms with Gasteiger partial charge in [-0.1, -0.05) is 12.5 Å². The van der Waals surface area contributed by atoms with Gasteiger partial charge in [-0.15, -0.1) is 0 Å². The minimum Gasteiger partial charge on any atom is -0.313 e. The summed E-state index contributed by atoms with van der Waals surface area (Å²) in [6.45, 7) is 6.59. The van der Waals surface area contributed by atoms with E-state index in [0.29, 0.717) is 0 Å². The highest BCUT2D eigenvalue weighted by Crippen LogP contribution is 2.21. The predicted molar refractivity (Wildman–Crippen MR) is 68.7 cm³/mol. The number of aromatic nitrogens is 1. The summed E-state index contributed by atoms with van der Waals surface area (Å²) >= 11 is 0. The third-order valence-electron chi connectivity index (χ3n) is 3.00. The van der Waals surface area contributed by atoms with E-state index in [2.05, 4.69) is 6.07 Å². The van der Waals surface area contributed by atoms with Crippen molar-refractivity contribution in [1.82, 2.24) is 4.57 Å². The molecule has 0 atom stereocenters. The van der Waals surface area contributed by atoms with E-state index < -0.39 is 0 Å². The lowest BCUT2D eigenvalue weighted by Gasteiger charge is -2.15. The van der Waals surface area contributed by atoms with Gasteiger partial charge < -0.3 is 4.57 Å². The second-order valence-corrected chi connectivity index (χ2v) is 5.11. The molecule has 0 radical (unpaired) electrons. The molecule has 0 aliphatic carbocycles. The lowest BCUT2D eigenvalue weighted by atomic mass is 9.89. The summed E-state index contributed by atoms with van der Waals surface area (Å²) in [5.74, 6) is 0. The van der Waals surface area contributed by atoms with Crippen molar-refractivity contribution in [3.8, 4) is 6.07 Å².